The number of primary sulfonamides is 1. The van der Waals surface area contributed by atoms with Crippen LogP contribution in [0.3, 0.4) is 0 Å². The second kappa shape index (κ2) is 4.57. The van der Waals surface area contributed by atoms with Crippen LogP contribution in [-0.2, 0) is 10.0 Å². The van der Waals surface area contributed by atoms with E-state index in [1.54, 1.807) is 0 Å². The number of ether oxygens (including phenoxy) is 1. The Labute approximate surface area is 108 Å². The summed E-state index contributed by atoms with van der Waals surface area (Å²) in [4.78, 5) is 2.94. The van der Waals surface area contributed by atoms with Crippen LogP contribution in [0.5, 0.6) is 5.88 Å². The summed E-state index contributed by atoms with van der Waals surface area (Å²) in [6.07, 6.45) is -4.00. The summed E-state index contributed by atoms with van der Waals surface area (Å²) in [5, 5.41) is 4.89. The van der Waals surface area contributed by atoms with Gasteiger partial charge in [-0.2, -0.15) is 0 Å². The monoisotopic (exact) mass is 382 g/mol. The van der Waals surface area contributed by atoms with E-state index in [1.807, 2.05) is 0 Å². The molecule has 5 nitrogen and oxygen atoms in total. The molecule has 0 unspecified atom stereocenters. The van der Waals surface area contributed by atoms with Crippen LogP contribution >= 0.6 is 22.6 Å². The topological polar surface area (TPSA) is 82.3 Å². The molecule has 0 aliphatic carbocycles. The van der Waals surface area contributed by atoms with Gasteiger partial charge >= 0.3 is 6.36 Å². The highest BCUT2D eigenvalue weighted by Crippen LogP contribution is 2.31. The molecule has 0 fully saturated rings. The van der Waals surface area contributed by atoms with Crippen LogP contribution in [0, 0.1) is 10.5 Å². The molecule has 0 saturated carbocycles. The van der Waals surface area contributed by atoms with Crippen molar-refractivity contribution in [1.82, 2.24) is 4.98 Å². The van der Waals surface area contributed by atoms with Crippen LogP contribution in [0.4, 0.5) is 13.2 Å². The lowest BCUT2D eigenvalue weighted by molar-refractivity contribution is -0.276. The minimum absolute atomic E-state index is 0.145. The zero-order valence-electron chi connectivity index (χ0n) is 8.25. The molecule has 0 amide bonds. The number of aryl methyl sites for hydroxylation is 1. The van der Waals surface area contributed by atoms with Crippen LogP contribution in [0.2, 0.25) is 0 Å². The maximum absolute atomic E-state index is 12.0. The quantitative estimate of drug-likeness (QED) is 0.787. The van der Waals surface area contributed by atoms with Crippen LogP contribution in [0.25, 0.3) is 0 Å². The first-order valence-electron chi connectivity index (χ1n) is 3.96. The Morgan fingerprint density at radius 2 is 2.00 bits per heavy atom. The van der Waals surface area contributed by atoms with Gasteiger partial charge in [0.25, 0.3) is 0 Å². The lowest BCUT2D eigenvalue weighted by Crippen LogP contribution is -2.21. The molecular weight excluding hydrogens is 376 g/mol. The molecule has 0 atom stereocenters. The minimum atomic E-state index is -4.95. The summed E-state index contributed by atoms with van der Waals surface area (Å²) in [7, 11) is -4.14. The fourth-order valence-electron chi connectivity index (χ4n) is 1.07. The largest absolute Gasteiger partial charge is 0.574 e. The normalized spacial score (nSPS) is 12.6. The number of nitrogens with zero attached hydrogens (tertiary/aromatic N) is 1. The Bertz CT molecular complexity index is 544. The molecule has 0 bridgehead atoms. The van der Waals surface area contributed by atoms with Crippen molar-refractivity contribution >= 4 is 32.6 Å². The third kappa shape index (κ3) is 3.67. The fourth-order valence-corrected chi connectivity index (χ4v) is 3.51. The smallest absolute Gasteiger partial charge is 0.387 e. The van der Waals surface area contributed by atoms with E-state index in [1.165, 1.54) is 29.5 Å². The summed E-state index contributed by atoms with van der Waals surface area (Å²) in [5.41, 5.74) is 0.145. The summed E-state index contributed by atoms with van der Waals surface area (Å²) < 4.78 is 61.7. The molecule has 2 N–H and O–H groups in total. The van der Waals surface area contributed by atoms with E-state index in [-0.39, 0.29) is 9.13 Å². The number of hydrogen-bond donors (Lipinski definition) is 1. The molecule has 0 aromatic carbocycles. The maximum Gasteiger partial charge on any atom is 0.574 e. The van der Waals surface area contributed by atoms with Gasteiger partial charge < -0.3 is 4.74 Å². The van der Waals surface area contributed by atoms with Gasteiger partial charge in [-0.25, -0.2) is 18.5 Å². The predicted molar refractivity (Wildman–Crippen MR) is 59.7 cm³/mol. The molecule has 0 radical (unpaired) electrons. The van der Waals surface area contributed by atoms with Crippen molar-refractivity contribution in [3.05, 3.63) is 15.3 Å². The molecule has 1 rings (SSSR count). The number of hydrogen-bond acceptors (Lipinski definition) is 4. The second-order valence-corrected chi connectivity index (χ2v) is 5.56. The van der Waals surface area contributed by atoms with Gasteiger partial charge in [0.1, 0.15) is 4.90 Å². The highest BCUT2D eigenvalue weighted by atomic mass is 127. The Morgan fingerprint density at radius 1 is 1.47 bits per heavy atom. The second-order valence-electron chi connectivity index (χ2n) is 2.98. The average molecular weight is 382 g/mol. The number of sulfonamides is 1. The molecule has 0 aliphatic heterocycles. The third-order valence-corrected chi connectivity index (χ3v) is 4.08. The molecule has 1 heterocycles. The van der Waals surface area contributed by atoms with Gasteiger partial charge in [0, 0.05) is 6.20 Å². The van der Waals surface area contributed by atoms with Gasteiger partial charge in [-0.15, -0.1) is 13.2 Å². The lowest BCUT2D eigenvalue weighted by Gasteiger charge is -2.12. The molecule has 17 heavy (non-hydrogen) atoms. The van der Waals surface area contributed by atoms with Crippen molar-refractivity contribution in [3.8, 4) is 5.88 Å². The fraction of sp³-hybridized carbons (Fsp3) is 0.286. The van der Waals surface area contributed by atoms with E-state index in [0.717, 1.165) is 6.20 Å². The van der Waals surface area contributed by atoms with E-state index in [9.17, 15) is 21.6 Å². The first kappa shape index (κ1) is 14.4. The van der Waals surface area contributed by atoms with Crippen LogP contribution < -0.4 is 9.88 Å². The van der Waals surface area contributed by atoms with Crippen LogP contribution in [0.1, 0.15) is 5.56 Å². The van der Waals surface area contributed by atoms with E-state index in [2.05, 4.69) is 9.72 Å². The first-order valence-corrected chi connectivity index (χ1v) is 6.58. The van der Waals surface area contributed by atoms with Crippen molar-refractivity contribution in [2.24, 2.45) is 5.14 Å². The Balaban J connectivity index is 3.40. The minimum Gasteiger partial charge on any atom is -0.387 e. The zero-order valence-corrected chi connectivity index (χ0v) is 11.2. The average Bonchev–Trinajstić information content (AvgIpc) is 2.06. The first-order chi connectivity index (χ1) is 7.52. The van der Waals surface area contributed by atoms with Gasteiger partial charge in [0.2, 0.25) is 15.9 Å². The Morgan fingerprint density at radius 3 is 2.41 bits per heavy atom. The predicted octanol–water partition coefficient (Wildman–Crippen LogP) is 1.54. The summed E-state index contributed by atoms with van der Waals surface area (Å²) in [6.45, 7) is 1.37. The van der Waals surface area contributed by atoms with Gasteiger partial charge in [-0.3, -0.25) is 0 Å². The number of alkyl halides is 3. The SMILES string of the molecule is Cc1cnc(OC(F)(F)F)c(I)c1S(N)(=O)=O. The molecule has 1 aromatic rings. The van der Waals surface area contributed by atoms with Gasteiger partial charge in [-0.1, -0.05) is 0 Å². The van der Waals surface area contributed by atoms with E-state index in [4.69, 9.17) is 5.14 Å². The van der Waals surface area contributed by atoms with Crippen molar-refractivity contribution < 1.29 is 26.3 Å². The number of pyridine rings is 1. The maximum atomic E-state index is 12.0. The van der Waals surface area contributed by atoms with Crippen molar-refractivity contribution in [3.63, 3.8) is 0 Å². The van der Waals surface area contributed by atoms with E-state index < -0.39 is 27.2 Å². The number of halogens is 4. The summed E-state index contributed by atoms with van der Waals surface area (Å²) in [5.74, 6) is -0.840. The van der Waals surface area contributed by atoms with Gasteiger partial charge in [0.05, 0.1) is 3.57 Å². The van der Waals surface area contributed by atoms with Crippen LogP contribution in [0.15, 0.2) is 11.1 Å². The van der Waals surface area contributed by atoms with Gasteiger partial charge in [-0.05, 0) is 35.1 Å². The molecule has 1 aromatic heterocycles. The van der Waals surface area contributed by atoms with Crippen molar-refractivity contribution in [2.75, 3.05) is 0 Å². The molecular formula is C7H6F3IN2O3S. The van der Waals surface area contributed by atoms with Gasteiger partial charge in [0.15, 0.2) is 0 Å². The van der Waals surface area contributed by atoms with Crippen molar-refractivity contribution in [1.29, 1.82) is 0 Å². The summed E-state index contributed by atoms with van der Waals surface area (Å²) >= 11 is 1.39. The lowest BCUT2D eigenvalue weighted by atomic mass is 10.3. The Hall–Kier alpha value is -0.620. The highest BCUT2D eigenvalue weighted by molar-refractivity contribution is 14.1. The highest BCUT2D eigenvalue weighted by Gasteiger charge is 2.34. The van der Waals surface area contributed by atoms with Crippen LogP contribution in [-0.4, -0.2) is 19.8 Å². The Kier molecular flexibility index (Phi) is 3.88. The molecule has 0 spiro atoms. The summed E-state index contributed by atoms with van der Waals surface area (Å²) in [6, 6.07) is 0. The molecule has 96 valence electrons. The third-order valence-electron chi connectivity index (χ3n) is 1.62. The zero-order chi connectivity index (χ0) is 13.4. The molecule has 0 saturated heterocycles. The van der Waals surface area contributed by atoms with E-state index >= 15 is 0 Å². The molecule has 0 aliphatic rings. The van der Waals surface area contributed by atoms with Crippen molar-refractivity contribution in [2.45, 2.75) is 18.2 Å². The number of rotatable bonds is 2. The standard InChI is InChI=1S/C7H6F3IN2O3S/c1-3-2-13-6(16-7(8,9)10)4(11)5(3)17(12,14)15/h2H,1H3,(H2,12,14,15). The number of nitrogens with two attached hydrogens (primary N) is 1. The van der Waals surface area contributed by atoms with E-state index in [0.29, 0.717) is 0 Å². The molecule has 10 heteroatoms. The number of aromatic nitrogens is 1.